The first-order valence-electron chi connectivity index (χ1n) is 12.5. The van der Waals surface area contributed by atoms with Crippen molar-refractivity contribution >= 4 is 27.5 Å². The molecule has 0 aromatic heterocycles. The summed E-state index contributed by atoms with van der Waals surface area (Å²) in [5.74, 6) is -0.238. The molecule has 9 heteroatoms. The minimum atomic E-state index is -4.10. The van der Waals surface area contributed by atoms with E-state index in [4.69, 9.17) is 4.74 Å². The second-order valence-electron chi connectivity index (χ2n) is 8.94. The fourth-order valence-electron chi connectivity index (χ4n) is 3.95. The van der Waals surface area contributed by atoms with Crippen LogP contribution >= 0.6 is 0 Å². The molecule has 8 nitrogen and oxygen atoms in total. The van der Waals surface area contributed by atoms with Crippen molar-refractivity contribution in [3.05, 3.63) is 90.0 Å². The lowest BCUT2D eigenvalue weighted by Crippen LogP contribution is -2.51. The van der Waals surface area contributed by atoms with Gasteiger partial charge in [0.2, 0.25) is 11.8 Å². The Balaban J connectivity index is 2.02. The molecule has 0 fully saturated rings. The van der Waals surface area contributed by atoms with E-state index in [1.54, 1.807) is 49.4 Å². The summed E-state index contributed by atoms with van der Waals surface area (Å²) < 4.78 is 33.8. The lowest BCUT2D eigenvalue weighted by atomic mass is 10.1. The zero-order chi connectivity index (χ0) is 27.7. The average Bonchev–Trinajstić information content (AvgIpc) is 2.94. The van der Waals surface area contributed by atoms with Crippen LogP contribution in [-0.4, -0.2) is 51.4 Å². The Morgan fingerprint density at radius 2 is 1.58 bits per heavy atom. The van der Waals surface area contributed by atoms with Crippen molar-refractivity contribution in [2.24, 2.45) is 0 Å². The summed E-state index contributed by atoms with van der Waals surface area (Å²) in [6, 6.07) is 21.2. The van der Waals surface area contributed by atoms with Gasteiger partial charge >= 0.3 is 0 Å². The molecular weight excluding hydrogens is 502 g/mol. The van der Waals surface area contributed by atoms with Crippen molar-refractivity contribution in [2.45, 2.75) is 44.7 Å². The molecule has 38 heavy (non-hydrogen) atoms. The highest BCUT2D eigenvalue weighted by Gasteiger charge is 2.32. The summed E-state index contributed by atoms with van der Waals surface area (Å²) in [6.07, 6.45) is 0.755. The molecule has 0 aliphatic heterocycles. The number of anilines is 1. The molecule has 0 radical (unpaired) electrons. The molecule has 3 aromatic rings. The van der Waals surface area contributed by atoms with Crippen molar-refractivity contribution in [2.75, 3.05) is 24.5 Å². The van der Waals surface area contributed by atoms with Gasteiger partial charge in [-0.2, -0.15) is 0 Å². The molecule has 0 aliphatic carbocycles. The van der Waals surface area contributed by atoms with Gasteiger partial charge in [0.1, 0.15) is 18.3 Å². The van der Waals surface area contributed by atoms with E-state index in [1.807, 2.05) is 38.1 Å². The van der Waals surface area contributed by atoms with Gasteiger partial charge in [0.15, 0.2) is 0 Å². The van der Waals surface area contributed by atoms with Crippen molar-refractivity contribution in [3.8, 4) is 5.75 Å². The number of nitrogens with one attached hydrogen (secondary N) is 1. The molecule has 0 bridgehead atoms. The Bertz CT molecular complexity index is 1330. The van der Waals surface area contributed by atoms with Gasteiger partial charge in [-0.05, 0) is 67.8 Å². The minimum absolute atomic E-state index is 0.0582. The Morgan fingerprint density at radius 3 is 2.18 bits per heavy atom. The van der Waals surface area contributed by atoms with Gasteiger partial charge < -0.3 is 15.0 Å². The fraction of sp³-hybridized carbons (Fsp3) is 0.310. The van der Waals surface area contributed by atoms with Crippen LogP contribution < -0.4 is 14.4 Å². The number of sulfonamides is 1. The molecule has 202 valence electrons. The zero-order valence-corrected chi connectivity index (χ0v) is 23.1. The summed E-state index contributed by atoms with van der Waals surface area (Å²) in [4.78, 5) is 28.3. The number of carbonyl (C=O) groups is 2. The van der Waals surface area contributed by atoms with Gasteiger partial charge in [-0.3, -0.25) is 13.9 Å². The topological polar surface area (TPSA) is 96.0 Å². The van der Waals surface area contributed by atoms with Gasteiger partial charge in [0.25, 0.3) is 10.0 Å². The predicted molar refractivity (Wildman–Crippen MR) is 148 cm³/mol. The van der Waals surface area contributed by atoms with Gasteiger partial charge in [0.05, 0.1) is 17.7 Å². The summed E-state index contributed by atoms with van der Waals surface area (Å²) >= 11 is 0. The molecule has 3 aromatic carbocycles. The van der Waals surface area contributed by atoms with Gasteiger partial charge in [-0.25, -0.2) is 8.42 Å². The molecule has 1 atom stereocenters. The van der Waals surface area contributed by atoms with E-state index in [2.05, 4.69) is 5.32 Å². The Kier molecular flexibility index (Phi) is 9.90. The van der Waals surface area contributed by atoms with Crippen molar-refractivity contribution in [1.82, 2.24) is 10.2 Å². The summed E-state index contributed by atoms with van der Waals surface area (Å²) in [5, 5.41) is 2.84. The predicted octanol–water partition coefficient (Wildman–Crippen LogP) is 4.14. The van der Waals surface area contributed by atoms with Crippen molar-refractivity contribution in [1.29, 1.82) is 0 Å². The summed E-state index contributed by atoms with van der Waals surface area (Å²) in [6.45, 7) is 5.70. The van der Waals surface area contributed by atoms with Crippen LogP contribution in [0.2, 0.25) is 0 Å². The smallest absolute Gasteiger partial charge is 0.264 e. The second-order valence-corrected chi connectivity index (χ2v) is 10.8. The number of amides is 2. The largest absolute Gasteiger partial charge is 0.497 e. The molecule has 0 heterocycles. The van der Waals surface area contributed by atoms with Gasteiger partial charge in [-0.1, -0.05) is 49.4 Å². The maximum absolute atomic E-state index is 13.9. The van der Waals surface area contributed by atoms with E-state index in [-0.39, 0.29) is 17.3 Å². The first kappa shape index (κ1) is 28.7. The summed E-state index contributed by atoms with van der Waals surface area (Å²) in [5.41, 5.74) is 2.15. The molecule has 1 N–H and O–H groups in total. The maximum Gasteiger partial charge on any atom is 0.264 e. The number of aryl methyl sites for hydroxylation is 1. The first-order chi connectivity index (χ1) is 18.2. The van der Waals surface area contributed by atoms with Crippen LogP contribution in [0, 0.1) is 6.92 Å². The lowest BCUT2D eigenvalue weighted by molar-refractivity contribution is -0.139. The second kappa shape index (κ2) is 13.1. The standard InChI is InChI=1S/C29H35N3O5S/c1-5-19-30-29(34)23(3)31(20-24-12-10-9-11-22(24)2)28(33)21-32(25-15-17-26(37-4)18-16-25)38(35,36)27-13-7-6-8-14-27/h6-18,23H,5,19-21H2,1-4H3,(H,30,34)/t23-/m1/s1. The van der Waals surface area contributed by atoms with Crippen LogP contribution in [-0.2, 0) is 26.2 Å². The van der Waals surface area contributed by atoms with Crippen LogP contribution in [0.3, 0.4) is 0 Å². The third kappa shape index (κ3) is 6.92. The number of ether oxygens (including phenoxy) is 1. The van der Waals surface area contributed by atoms with Gasteiger partial charge in [0, 0.05) is 13.1 Å². The number of methoxy groups -OCH3 is 1. The third-order valence-electron chi connectivity index (χ3n) is 6.29. The molecule has 0 unspecified atom stereocenters. The SMILES string of the molecule is CCCNC(=O)[C@@H](C)N(Cc1ccccc1C)C(=O)CN(c1ccc(OC)cc1)S(=O)(=O)c1ccccc1. The molecule has 0 aliphatic rings. The van der Waals surface area contributed by atoms with E-state index >= 15 is 0 Å². The number of benzene rings is 3. The Hall–Kier alpha value is -3.85. The molecule has 2 amide bonds. The fourth-order valence-corrected chi connectivity index (χ4v) is 5.38. The van der Waals surface area contributed by atoms with E-state index in [0.717, 1.165) is 21.9 Å². The molecule has 0 spiro atoms. The number of hydrogen-bond donors (Lipinski definition) is 1. The van der Waals surface area contributed by atoms with Crippen LogP contribution in [0.4, 0.5) is 5.69 Å². The van der Waals surface area contributed by atoms with Crippen LogP contribution in [0.25, 0.3) is 0 Å². The van der Waals surface area contributed by atoms with Crippen LogP contribution in [0.5, 0.6) is 5.75 Å². The summed E-state index contributed by atoms with van der Waals surface area (Å²) in [7, 11) is -2.58. The monoisotopic (exact) mass is 537 g/mol. The highest BCUT2D eigenvalue weighted by atomic mass is 32.2. The maximum atomic E-state index is 13.9. The highest BCUT2D eigenvalue weighted by Crippen LogP contribution is 2.26. The average molecular weight is 538 g/mol. The Labute approximate surface area is 225 Å². The molecule has 0 saturated carbocycles. The van der Waals surface area contributed by atoms with Crippen molar-refractivity contribution in [3.63, 3.8) is 0 Å². The lowest BCUT2D eigenvalue weighted by Gasteiger charge is -2.32. The first-order valence-corrected chi connectivity index (χ1v) is 14.0. The third-order valence-corrected chi connectivity index (χ3v) is 8.08. The quantitative estimate of drug-likeness (QED) is 0.375. The number of carbonyl (C=O) groups excluding carboxylic acids is 2. The van der Waals surface area contributed by atoms with Crippen molar-refractivity contribution < 1.29 is 22.7 Å². The van der Waals surface area contributed by atoms with Crippen LogP contribution in [0.15, 0.2) is 83.8 Å². The van der Waals surface area contributed by atoms with Gasteiger partial charge in [-0.15, -0.1) is 0 Å². The van der Waals surface area contributed by atoms with E-state index in [1.165, 1.54) is 24.1 Å². The molecule has 0 saturated heterocycles. The number of rotatable bonds is 12. The number of nitrogens with zero attached hydrogens (tertiary/aromatic N) is 2. The highest BCUT2D eigenvalue weighted by molar-refractivity contribution is 7.92. The minimum Gasteiger partial charge on any atom is -0.497 e. The van der Waals surface area contributed by atoms with Crippen LogP contribution in [0.1, 0.15) is 31.4 Å². The zero-order valence-electron chi connectivity index (χ0n) is 22.3. The van der Waals surface area contributed by atoms with E-state index in [0.29, 0.717) is 18.0 Å². The number of hydrogen-bond acceptors (Lipinski definition) is 5. The van der Waals surface area contributed by atoms with E-state index < -0.39 is 28.5 Å². The normalized spacial score (nSPS) is 11.9. The molecule has 3 rings (SSSR count). The Morgan fingerprint density at radius 1 is 0.947 bits per heavy atom. The van der Waals surface area contributed by atoms with E-state index in [9.17, 15) is 18.0 Å². The molecular formula is C29H35N3O5S.